The molecule has 0 saturated carbocycles. The Labute approximate surface area is 170 Å². The second kappa shape index (κ2) is 10.4. The predicted molar refractivity (Wildman–Crippen MR) is 119 cm³/mol. The summed E-state index contributed by atoms with van der Waals surface area (Å²) in [6.07, 6.45) is 5.02. The van der Waals surface area contributed by atoms with Gasteiger partial charge in [0.25, 0.3) is 8.32 Å². The molecule has 2 aromatic carbocycles. The van der Waals surface area contributed by atoms with E-state index in [1.54, 1.807) is 0 Å². The van der Waals surface area contributed by atoms with Crippen LogP contribution in [0.4, 0.5) is 0 Å². The molecule has 3 nitrogen and oxygen atoms in total. The van der Waals surface area contributed by atoms with E-state index in [-0.39, 0.29) is 11.0 Å². The lowest BCUT2D eigenvalue weighted by molar-refractivity contribution is -0.137. The van der Waals surface area contributed by atoms with Gasteiger partial charge in [-0.1, -0.05) is 87.5 Å². The zero-order chi connectivity index (χ0) is 20.5. The van der Waals surface area contributed by atoms with Crippen LogP contribution >= 0.6 is 0 Å². The maximum atomic E-state index is 11.4. The number of hydrogen-bond acceptors (Lipinski definition) is 3. The molecule has 0 radical (unpaired) electrons. The number of carbonyl (C=O) groups is 1. The summed E-state index contributed by atoms with van der Waals surface area (Å²) in [6.45, 7) is 9.70. The molecule has 0 heterocycles. The van der Waals surface area contributed by atoms with Crippen molar-refractivity contribution in [3.63, 3.8) is 0 Å². The molecule has 0 bridgehead atoms. The third-order valence-corrected chi connectivity index (χ3v) is 9.83. The Balaban J connectivity index is 2.21. The highest BCUT2D eigenvalue weighted by Crippen LogP contribution is 2.36. The van der Waals surface area contributed by atoms with Crippen molar-refractivity contribution in [2.24, 2.45) is 0 Å². The Morgan fingerprint density at radius 1 is 0.964 bits per heavy atom. The van der Waals surface area contributed by atoms with Crippen LogP contribution in [0.15, 0.2) is 72.8 Å². The van der Waals surface area contributed by atoms with Gasteiger partial charge in [0.1, 0.15) is 0 Å². The normalized spacial score (nSPS) is 12.3. The van der Waals surface area contributed by atoms with Crippen LogP contribution in [-0.4, -0.2) is 27.5 Å². The van der Waals surface area contributed by atoms with E-state index < -0.39 is 8.32 Å². The Morgan fingerprint density at radius 2 is 1.50 bits per heavy atom. The predicted octanol–water partition coefficient (Wildman–Crippen LogP) is 4.46. The Kier molecular flexibility index (Phi) is 8.21. The van der Waals surface area contributed by atoms with Crippen LogP contribution in [0.3, 0.4) is 0 Å². The van der Waals surface area contributed by atoms with Crippen LogP contribution in [0.25, 0.3) is 0 Å². The molecule has 0 atom stereocenters. The first kappa shape index (κ1) is 22.1. The summed E-state index contributed by atoms with van der Waals surface area (Å²) in [4.78, 5) is 11.4. The lowest BCUT2D eigenvalue weighted by Crippen LogP contribution is -2.66. The van der Waals surface area contributed by atoms with E-state index in [0.29, 0.717) is 13.2 Å². The van der Waals surface area contributed by atoms with Gasteiger partial charge in [-0.2, -0.15) is 0 Å². The zero-order valence-corrected chi connectivity index (χ0v) is 18.5. The van der Waals surface area contributed by atoms with E-state index in [9.17, 15) is 4.79 Å². The number of benzene rings is 2. The number of hydrogen-bond donors (Lipinski definition) is 0. The maximum absolute atomic E-state index is 11.4. The molecule has 0 amide bonds. The average molecular weight is 397 g/mol. The first-order chi connectivity index (χ1) is 13.4. The standard InChI is InChI=1S/C24H32O3Si/c1-5-26-23(25)19-13-8-14-20-27-28(24(2,3)4,21-15-9-6-10-16-21)22-17-11-7-12-18-22/h6-7,9-13,15-19H,5,8,14,20H2,1-4H3/b19-13+. The molecular formula is C24H32O3Si. The quantitative estimate of drug-likeness (QED) is 0.272. The number of carbonyl (C=O) groups excluding carboxylic acids is 1. The molecule has 0 N–H and O–H groups in total. The molecule has 0 unspecified atom stereocenters. The van der Waals surface area contributed by atoms with Gasteiger partial charge in [-0.25, -0.2) is 4.79 Å². The molecule has 0 aliphatic carbocycles. The van der Waals surface area contributed by atoms with Crippen molar-refractivity contribution in [2.75, 3.05) is 13.2 Å². The van der Waals surface area contributed by atoms with Gasteiger partial charge in [0.05, 0.1) is 6.61 Å². The lowest BCUT2D eigenvalue weighted by Gasteiger charge is -2.43. The summed E-state index contributed by atoms with van der Waals surface area (Å²) in [5.41, 5.74) is 0. The Hall–Kier alpha value is -2.17. The number of rotatable bonds is 9. The van der Waals surface area contributed by atoms with Crippen LogP contribution < -0.4 is 10.4 Å². The molecule has 4 heteroatoms. The molecular weight excluding hydrogens is 364 g/mol. The summed E-state index contributed by atoms with van der Waals surface area (Å²) >= 11 is 0. The van der Waals surface area contributed by atoms with Crippen molar-refractivity contribution >= 4 is 24.7 Å². The monoisotopic (exact) mass is 396 g/mol. The third-order valence-electron chi connectivity index (χ3n) is 4.79. The van der Waals surface area contributed by atoms with Crippen LogP contribution in [-0.2, 0) is 14.0 Å². The SMILES string of the molecule is CCOC(=O)/C=C/CCCO[Si](c1ccccc1)(c1ccccc1)C(C)(C)C. The summed E-state index contributed by atoms with van der Waals surface area (Å²) in [5, 5.41) is 2.56. The van der Waals surface area contributed by atoms with Crippen molar-refractivity contribution in [3.05, 3.63) is 72.8 Å². The van der Waals surface area contributed by atoms with Gasteiger partial charge in [-0.3, -0.25) is 0 Å². The van der Waals surface area contributed by atoms with E-state index in [2.05, 4.69) is 81.4 Å². The molecule has 0 aromatic heterocycles. The van der Waals surface area contributed by atoms with Crippen LogP contribution in [0.5, 0.6) is 0 Å². The summed E-state index contributed by atoms with van der Waals surface area (Å²) in [5.74, 6) is -0.282. The van der Waals surface area contributed by atoms with Gasteiger partial charge in [0, 0.05) is 12.7 Å². The number of ether oxygens (including phenoxy) is 1. The fourth-order valence-corrected chi connectivity index (χ4v) is 8.16. The molecule has 150 valence electrons. The van der Waals surface area contributed by atoms with E-state index in [0.717, 1.165) is 12.8 Å². The minimum Gasteiger partial charge on any atom is -0.463 e. The van der Waals surface area contributed by atoms with Gasteiger partial charge in [0.15, 0.2) is 0 Å². The van der Waals surface area contributed by atoms with E-state index >= 15 is 0 Å². The Bertz CT molecular complexity index is 709. The largest absolute Gasteiger partial charge is 0.463 e. The summed E-state index contributed by atoms with van der Waals surface area (Å²) < 4.78 is 11.7. The molecule has 2 rings (SSSR count). The van der Waals surface area contributed by atoms with Gasteiger partial charge in [0.2, 0.25) is 0 Å². The fraction of sp³-hybridized carbons (Fsp3) is 0.375. The second-order valence-electron chi connectivity index (χ2n) is 7.81. The minimum atomic E-state index is -2.46. The lowest BCUT2D eigenvalue weighted by atomic mass is 10.2. The zero-order valence-electron chi connectivity index (χ0n) is 17.5. The highest BCUT2D eigenvalue weighted by atomic mass is 28.4. The van der Waals surface area contributed by atoms with Gasteiger partial charge >= 0.3 is 5.97 Å². The van der Waals surface area contributed by atoms with Crippen molar-refractivity contribution in [1.82, 2.24) is 0 Å². The number of esters is 1. The smallest absolute Gasteiger partial charge is 0.330 e. The average Bonchev–Trinajstić information content (AvgIpc) is 2.68. The topological polar surface area (TPSA) is 35.5 Å². The Morgan fingerprint density at radius 3 is 1.96 bits per heavy atom. The first-order valence-corrected chi connectivity index (χ1v) is 11.9. The van der Waals surface area contributed by atoms with Crippen molar-refractivity contribution in [1.29, 1.82) is 0 Å². The van der Waals surface area contributed by atoms with Crippen molar-refractivity contribution in [2.45, 2.75) is 45.6 Å². The van der Waals surface area contributed by atoms with Gasteiger partial charge in [-0.05, 0) is 35.2 Å². The van der Waals surface area contributed by atoms with E-state index in [4.69, 9.17) is 9.16 Å². The third kappa shape index (κ3) is 5.43. The molecule has 0 saturated heterocycles. The summed E-state index contributed by atoms with van der Waals surface area (Å²) in [7, 11) is -2.46. The molecule has 0 spiro atoms. The highest BCUT2D eigenvalue weighted by molar-refractivity contribution is 6.99. The highest BCUT2D eigenvalue weighted by Gasteiger charge is 2.49. The molecule has 0 aliphatic rings. The van der Waals surface area contributed by atoms with E-state index in [1.165, 1.54) is 16.4 Å². The molecule has 28 heavy (non-hydrogen) atoms. The van der Waals surface area contributed by atoms with Gasteiger partial charge in [-0.15, -0.1) is 0 Å². The van der Waals surface area contributed by atoms with Crippen molar-refractivity contribution in [3.8, 4) is 0 Å². The molecule has 2 aromatic rings. The van der Waals surface area contributed by atoms with E-state index in [1.807, 2.05) is 13.0 Å². The molecule has 0 aliphatic heterocycles. The fourth-order valence-electron chi connectivity index (χ4n) is 3.56. The first-order valence-electron chi connectivity index (χ1n) is 10.00. The summed E-state index contributed by atoms with van der Waals surface area (Å²) in [6, 6.07) is 21.3. The van der Waals surface area contributed by atoms with Crippen LogP contribution in [0, 0.1) is 0 Å². The maximum Gasteiger partial charge on any atom is 0.330 e. The van der Waals surface area contributed by atoms with Gasteiger partial charge < -0.3 is 9.16 Å². The van der Waals surface area contributed by atoms with Crippen LogP contribution in [0.2, 0.25) is 5.04 Å². The van der Waals surface area contributed by atoms with Crippen LogP contribution in [0.1, 0.15) is 40.5 Å². The second-order valence-corrected chi connectivity index (χ2v) is 12.1. The molecule has 0 fully saturated rings. The number of unbranched alkanes of at least 4 members (excludes halogenated alkanes) is 1. The minimum absolute atomic E-state index is 0.0174. The number of allylic oxidation sites excluding steroid dienone is 1. The van der Waals surface area contributed by atoms with Crippen molar-refractivity contribution < 1.29 is 14.0 Å².